The minimum atomic E-state index is -1.81. The van der Waals surface area contributed by atoms with E-state index in [0.29, 0.717) is 29.6 Å². The second kappa shape index (κ2) is 7.36. The first-order chi connectivity index (χ1) is 11.0. The molecular weight excluding hydrogens is 361 g/mol. The highest BCUT2D eigenvalue weighted by Gasteiger charge is 2.39. The highest BCUT2D eigenvalue weighted by Crippen LogP contribution is 2.37. The molecule has 1 aromatic carbocycles. The van der Waals surface area contributed by atoms with E-state index in [1.807, 2.05) is 17.0 Å². The highest BCUT2D eigenvalue weighted by molar-refractivity contribution is 6.74. The topological polar surface area (TPSA) is 29.5 Å². The minimum absolute atomic E-state index is 0.129. The molecule has 0 saturated carbocycles. The number of amides is 1. The number of carbonyl (C=O) groups excluding carboxylic acids is 1. The Bertz CT molecular complexity index is 593. The van der Waals surface area contributed by atoms with E-state index < -0.39 is 8.32 Å². The summed E-state index contributed by atoms with van der Waals surface area (Å²) in [5.74, 6) is 0.176. The molecule has 24 heavy (non-hydrogen) atoms. The largest absolute Gasteiger partial charge is 0.415 e. The summed E-state index contributed by atoms with van der Waals surface area (Å²) in [6.45, 7) is 12.3. The van der Waals surface area contributed by atoms with Crippen LogP contribution in [0.1, 0.15) is 39.2 Å². The Morgan fingerprint density at radius 2 is 1.79 bits per heavy atom. The van der Waals surface area contributed by atoms with Gasteiger partial charge in [0.1, 0.15) is 0 Å². The molecule has 6 heteroatoms. The van der Waals surface area contributed by atoms with Crippen LogP contribution in [0.5, 0.6) is 0 Å². The van der Waals surface area contributed by atoms with Crippen LogP contribution in [0.15, 0.2) is 18.2 Å². The van der Waals surface area contributed by atoms with Crippen molar-refractivity contribution in [2.75, 3.05) is 6.61 Å². The van der Waals surface area contributed by atoms with Gasteiger partial charge in [-0.15, -0.1) is 0 Å². The molecule has 1 atom stereocenters. The zero-order chi connectivity index (χ0) is 18.1. The lowest BCUT2D eigenvalue weighted by atomic mass is 10.2. The van der Waals surface area contributed by atoms with Crippen LogP contribution >= 0.6 is 23.2 Å². The number of likely N-dealkylation sites (tertiary alicyclic amines) is 1. The van der Waals surface area contributed by atoms with Gasteiger partial charge in [0.2, 0.25) is 5.91 Å². The van der Waals surface area contributed by atoms with Crippen molar-refractivity contribution in [2.24, 2.45) is 0 Å². The maximum absolute atomic E-state index is 12.3. The van der Waals surface area contributed by atoms with E-state index in [2.05, 4.69) is 33.9 Å². The van der Waals surface area contributed by atoms with Crippen LogP contribution in [0, 0.1) is 0 Å². The van der Waals surface area contributed by atoms with E-state index in [0.717, 1.165) is 12.0 Å². The van der Waals surface area contributed by atoms with Crippen molar-refractivity contribution in [3.63, 3.8) is 0 Å². The van der Waals surface area contributed by atoms with Crippen LogP contribution in [0.4, 0.5) is 0 Å². The molecule has 1 aliphatic rings. The van der Waals surface area contributed by atoms with E-state index >= 15 is 0 Å². The molecule has 1 heterocycles. The van der Waals surface area contributed by atoms with Gasteiger partial charge in [-0.1, -0.05) is 44.0 Å². The molecule has 0 radical (unpaired) electrons. The summed E-state index contributed by atoms with van der Waals surface area (Å²) in [6.07, 6.45) is 1.43. The number of nitrogens with zero attached hydrogens (tertiary/aromatic N) is 1. The Hall–Kier alpha value is -0.553. The fourth-order valence-corrected chi connectivity index (χ4v) is 4.22. The number of hydrogen-bond acceptors (Lipinski definition) is 2. The molecule has 1 fully saturated rings. The summed E-state index contributed by atoms with van der Waals surface area (Å²) < 4.78 is 6.33. The lowest BCUT2D eigenvalue weighted by Crippen LogP contribution is -2.45. The van der Waals surface area contributed by atoms with Crippen LogP contribution in [-0.2, 0) is 15.8 Å². The van der Waals surface area contributed by atoms with Gasteiger partial charge in [0.15, 0.2) is 8.32 Å². The molecule has 0 N–H and O–H groups in total. The summed E-state index contributed by atoms with van der Waals surface area (Å²) >= 11 is 12.1. The van der Waals surface area contributed by atoms with Gasteiger partial charge in [0.05, 0.1) is 12.6 Å². The van der Waals surface area contributed by atoms with Crippen molar-refractivity contribution < 1.29 is 9.22 Å². The monoisotopic (exact) mass is 387 g/mol. The average molecular weight is 388 g/mol. The summed E-state index contributed by atoms with van der Waals surface area (Å²) in [5.41, 5.74) is 0.958. The molecule has 3 nitrogen and oxygen atoms in total. The second-order valence-electron chi connectivity index (χ2n) is 8.06. The molecule has 0 aromatic heterocycles. The van der Waals surface area contributed by atoms with Crippen LogP contribution in [0.2, 0.25) is 28.2 Å². The Labute approximate surface area is 156 Å². The van der Waals surface area contributed by atoms with Crippen molar-refractivity contribution in [1.29, 1.82) is 0 Å². The maximum Gasteiger partial charge on any atom is 0.223 e. The van der Waals surface area contributed by atoms with Crippen molar-refractivity contribution in [2.45, 2.75) is 64.3 Å². The zero-order valence-electron chi connectivity index (χ0n) is 15.2. The lowest BCUT2D eigenvalue weighted by molar-refractivity contribution is -0.130. The first kappa shape index (κ1) is 19.8. The third kappa shape index (κ3) is 4.75. The summed E-state index contributed by atoms with van der Waals surface area (Å²) in [5, 5.41) is 1.36. The smallest absolute Gasteiger partial charge is 0.223 e. The Morgan fingerprint density at radius 3 is 2.33 bits per heavy atom. The molecule has 0 aliphatic carbocycles. The predicted molar refractivity (Wildman–Crippen MR) is 103 cm³/mol. The van der Waals surface area contributed by atoms with Crippen LogP contribution in [-0.4, -0.2) is 31.8 Å². The second-order valence-corrected chi connectivity index (χ2v) is 13.7. The van der Waals surface area contributed by atoms with Crippen LogP contribution in [0.25, 0.3) is 0 Å². The molecule has 1 aliphatic heterocycles. The molecule has 2 rings (SSSR count). The SMILES string of the molecule is CC(C)(C)[Si](C)(C)OC[C@H]1CCC(=O)N1Cc1cc(Cl)cc(Cl)c1. The van der Waals surface area contributed by atoms with Crippen molar-refractivity contribution in [3.8, 4) is 0 Å². The van der Waals surface area contributed by atoms with Crippen LogP contribution in [0.3, 0.4) is 0 Å². The van der Waals surface area contributed by atoms with Crippen LogP contribution < -0.4 is 0 Å². The fraction of sp³-hybridized carbons (Fsp3) is 0.611. The van der Waals surface area contributed by atoms with E-state index in [1.54, 1.807) is 6.07 Å². The number of halogens is 2. The number of hydrogen-bond donors (Lipinski definition) is 0. The summed E-state index contributed by atoms with van der Waals surface area (Å²) in [7, 11) is -1.81. The van der Waals surface area contributed by atoms with Gasteiger partial charge >= 0.3 is 0 Å². The molecule has 0 bridgehead atoms. The molecular formula is C18H27Cl2NO2Si. The summed E-state index contributed by atoms with van der Waals surface area (Å²) in [4.78, 5) is 14.2. The van der Waals surface area contributed by atoms with Crippen molar-refractivity contribution in [1.82, 2.24) is 4.90 Å². The predicted octanol–water partition coefficient (Wildman–Crippen LogP) is 5.51. The first-order valence-corrected chi connectivity index (χ1v) is 12.0. The Balaban J connectivity index is 2.06. The molecule has 1 saturated heterocycles. The molecule has 1 aromatic rings. The molecule has 1 amide bonds. The lowest BCUT2D eigenvalue weighted by Gasteiger charge is -2.38. The standard InChI is InChI=1S/C18H27Cl2NO2Si/c1-18(2,3)24(4,5)23-12-16-6-7-17(22)21(16)11-13-8-14(19)10-15(20)9-13/h8-10,16H,6-7,11-12H2,1-5H3/t16-/m1/s1. The molecule has 0 unspecified atom stereocenters. The van der Waals surface area contributed by atoms with E-state index in [1.165, 1.54) is 0 Å². The van der Waals surface area contributed by atoms with Gasteiger partial charge < -0.3 is 9.33 Å². The van der Waals surface area contributed by atoms with Gasteiger partial charge in [-0.05, 0) is 48.3 Å². The minimum Gasteiger partial charge on any atom is -0.415 e. The zero-order valence-corrected chi connectivity index (χ0v) is 17.7. The Morgan fingerprint density at radius 1 is 1.21 bits per heavy atom. The Kier molecular flexibility index (Phi) is 6.06. The van der Waals surface area contributed by atoms with Crippen molar-refractivity contribution >= 4 is 37.4 Å². The third-order valence-electron chi connectivity index (χ3n) is 5.17. The van der Waals surface area contributed by atoms with Crippen molar-refractivity contribution in [3.05, 3.63) is 33.8 Å². The third-order valence-corrected chi connectivity index (χ3v) is 10.1. The van der Waals surface area contributed by atoms with E-state index in [4.69, 9.17) is 27.6 Å². The number of rotatable bonds is 5. The average Bonchev–Trinajstić information content (AvgIpc) is 2.75. The first-order valence-electron chi connectivity index (χ1n) is 8.38. The van der Waals surface area contributed by atoms with Gasteiger partial charge in [0.25, 0.3) is 0 Å². The van der Waals surface area contributed by atoms with Gasteiger partial charge in [-0.25, -0.2) is 0 Å². The number of carbonyl (C=O) groups is 1. The molecule has 134 valence electrons. The van der Waals surface area contributed by atoms with E-state index in [9.17, 15) is 4.79 Å². The summed E-state index contributed by atoms with van der Waals surface area (Å²) in [6, 6.07) is 5.57. The molecule has 0 spiro atoms. The van der Waals surface area contributed by atoms with Gasteiger partial charge in [-0.2, -0.15) is 0 Å². The van der Waals surface area contributed by atoms with Gasteiger partial charge in [0, 0.05) is 23.0 Å². The van der Waals surface area contributed by atoms with Gasteiger partial charge in [-0.3, -0.25) is 4.79 Å². The maximum atomic E-state index is 12.3. The van der Waals surface area contributed by atoms with E-state index in [-0.39, 0.29) is 17.0 Å². The quantitative estimate of drug-likeness (QED) is 0.623. The fourth-order valence-electron chi connectivity index (χ4n) is 2.60. The number of benzene rings is 1. The highest BCUT2D eigenvalue weighted by atomic mass is 35.5. The normalized spacial score (nSPS) is 19.2.